The first-order chi connectivity index (χ1) is 12.6. The van der Waals surface area contributed by atoms with Gasteiger partial charge < -0.3 is 14.8 Å². The topological polar surface area (TPSA) is 64.6 Å². The molecule has 136 valence electrons. The van der Waals surface area contributed by atoms with Gasteiger partial charge in [-0.05, 0) is 55.3 Å². The van der Waals surface area contributed by atoms with E-state index in [1.807, 2.05) is 38.1 Å². The molecule has 26 heavy (non-hydrogen) atoms. The maximum Gasteiger partial charge on any atom is 0.338 e. The highest BCUT2D eigenvalue weighted by atomic mass is 16.5. The Labute approximate surface area is 153 Å². The van der Waals surface area contributed by atoms with Gasteiger partial charge in [0.25, 0.3) is 0 Å². The van der Waals surface area contributed by atoms with Crippen LogP contribution in [0.2, 0.25) is 0 Å². The number of benzene rings is 2. The standard InChI is InChI=1S/C21H23NO4/c1-3-14-26-21(24)17-6-5-7-18(15-17)22-20(23)13-10-16-8-11-19(12-9-16)25-4-2/h5-13,15H,3-4,14H2,1-2H3,(H,22,23). The first kappa shape index (κ1) is 19.2. The van der Waals surface area contributed by atoms with Crippen LogP contribution < -0.4 is 10.1 Å². The Balaban J connectivity index is 1.95. The maximum atomic E-state index is 12.1. The molecule has 0 spiro atoms. The summed E-state index contributed by atoms with van der Waals surface area (Å²) in [6.45, 7) is 4.85. The van der Waals surface area contributed by atoms with Crippen molar-refractivity contribution in [3.05, 3.63) is 65.7 Å². The Bertz CT molecular complexity index is 766. The lowest BCUT2D eigenvalue weighted by molar-refractivity contribution is -0.111. The number of hydrogen-bond donors (Lipinski definition) is 1. The zero-order chi connectivity index (χ0) is 18.8. The van der Waals surface area contributed by atoms with Crippen LogP contribution in [0, 0.1) is 0 Å². The molecule has 5 nitrogen and oxygen atoms in total. The third-order valence-electron chi connectivity index (χ3n) is 3.42. The van der Waals surface area contributed by atoms with Crippen molar-refractivity contribution in [2.75, 3.05) is 18.5 Å². The van der Waals surface area contributed by atoms with E-state index in [9.17, 15) is 9.59 Å². The van der Waals surface area contributed by atoms with Gasteiger partial charge in [0.05, 0.1) is 18.8 Å². The molecule has 2 rings (SSSR count). The van der Waals surface area contributed by atoms with Crippen molar-refractivity contribution in [1.29, 1.82) is 0 Å². The summed E-state index contributed by atoms with van der Waals surface area (Å²) in [7, 11) is 0. The number of ether oxygens (including phenoxy) is 2. The third kappa shape index (κ3) is 6.09. The first-order valence-corrected chi connectivity index (χ1v) is 8.61. The van der Waals surface area contributed by atoms with Crippen molar-refractivity contribution in [3.8, 4) is 5.75 Å². The lowest BCUT2D eigenvalue weighted by Crippen LogP contribution is -2.10. The third-order valence-corrected chi connectivity index (χ3v) is 3.42. The number of carbonyl (C=O) groups excluding carboxylic acids is 2. The molecule has 1 amide bonds. The van der Waals surface area contributed by atoms with Crippen molar-refractivity contribution in [2.24, 2.45) is 0 Å². The van der Waals surface area contributed by atoms with Gasteiger partial charge in [0.2, 0.25) is 5.91 Å². The molecule has 2 aromatic rings. The Morgan fingerprint density at radius 1 is 1.08 bits per heavy atom. The molecule has 2 aromatic carbocycles. The van der Waals surface area contributed by atoms with Crippen molar-refractivity contribution < 1.29 is 19.1 Å². The van der Waals surface area contributed by atoms with Crippen LogP contribution in [0.1, 0.15) is 36.2 Å². The normalized spacial score (nSPS) is 10.5. The van der Waals surface area contributed by atoms with E-state index in [2.05, 4.69) is 5.32 Å². The summed E-state index contributed by atoms with van der Waals surface area (Å²) < 4.78 is 10.5. The molecule has 0 atom stereocenters. The van der Waals surface area contributed by atoms with Gasteiger partial charge in [-0.2, -0.15) is 0 Å². The zero-order valence-electron chi connectivity index (χ0n) is 15.0. The number of anilines is 1. The van der Waals surface area contributed by atoms with Gasteiger partial charge in [-0.1, -0.05) is 25.1 Å². The fourth-order valence-electron chi connectivity index (χ4n) is 2.20. The van der Waals surface area contributed by atoms with Crippen molar-refractivity contribution >= 4 is 23.6 Å². The molecule has 5 heteroatoms. The van der Waals surface area contributed by atoms with E-state index in [0.29, 0.717) is 24.5 Å². The molecule has 0 aromatic heterocycles. The summed E-state index contributed by atoms with van der Waals surface area (Å²) in [5.41, 5.74) is 1.84. The summed E-state index contributed by atoms with van der Waals surface area (Å²) in [6, 6.07) is 14.1. The highest BCUT2D eigenvalue weighted by Gasteiger charge is 2.08. The van der Waals surface area contributed by atoms with Gasteiger partial charge >= 0.3 is 5.97 Å². The van der Waals surface area contributed by atoms with E-state index in [-0.39, 0.29) is 5.91 Å². The molecule has 0 saturated carbocycles. The minimum absolute atomic E-state index is 0.280. The summed E-state index contributed by atoms with van der Waals surface area (Å²) in [5, 5.41) is 2.74. The van der Waals surface area contributed by atoms with E-state index in [1.165, 1.54) is 6.08 Å². The van der Waals surface area contributed by atoms with Crippen LogP contribution in [0.25, 0.3) is 6.08 Å². The fourth-order valence-corrected chi connectivity index (χ4v) is 2.20. The van der Waals surface area contributed by atoms with E-state index in [4.69, 9.17) is 9.47 Å². The average Bonchev–Trinajstić information content (AvgIpc) is 2.66. The second-order valence-electron chi connectivity index (χ2n) is 5.54. The van der Waals surface area contributed by atoms with Crippen LogP contribution in [0.4, 0.5) is 5.69 Å². The van der Waals surface area contributed by atoms with Gasteiger partial charge in [0.1, 0.15) is 5.75 Å². The maximum absolute atomic E-state index is 12.1. The van der Waals surface area contributed by atoms with E-state index in [0.717, 1.165) is 17.7 Å². The van der Waals surface area contributed by atoms with Gasteiger partial charge in [-0.25, -0.2) is 4.79 Å². The number of rotatable bonds is 8. The Morgan fingerprint density at radius 3 is 2.54 bits per heavy atom. The average molecular weight is 353 g/mol. The molecule has 0 saturated heterocycles. The minimum atomic E-state index is -0.395. The van der Waals surface area contributed by atoms with Gasteiger partial charge in [-0.3, -0.25) is 4.79 Å². The summed E-state index contributed by atoms with van der Waals surface area (Å²) in [5.74, 6) is 0.117. The summed E-state index contributed by atoms with van der Waals surface area (Å²) >= 11 is 0. The Hall–Kier alpha value is -3.08. The monoisotopic (exact) mass is 353 g/mol. The van der Waals surface area contributed by atoms with Gasteiger partial charge in [0.15, 0.2) is 0 Å². The van der Waals surface area contributed by atoms with E-state index in [1.54, 1.807) is 30.3 Å². The highest BCUT2D eigenvalue weighted by molar-refractivity contribution is 6.02. The van der Waals surface area contributed by atoms with Crippen LogP contribution in [-0.2, 0) is 9.53 Å². The molecule has 0 radical (unpaired) electrons. The highest BCUT2D eigenvalue weighted by Crippen LogP contribution is 2.14. The van der Waals surface area contributed by atoms with Crippen LogP contribution in [0.15, 0.2) is 54.6 Å². The van der Waals surface area contributed by atoms with Crippen molar-refractivity contribution in [1.82, 2.24) is 0 Å². The van der Waals surface area contributed by atoms with Crippen LogP contribution in [-0.4, -0.2) is 25.1 Å². The molecular formula is C21H23NO4. The molecule has 0 aliphatic heterocycles. The number of esters is 1. The minimum Gasteiger partial charge on any atom is -0.494 e. The molecular weight excluding hydrogens is 330 g/mol. The summed E-state index contributed by atoms with van der Waals surface area (Å²) in [4.78, 5) is 23.9. The van der Waals surface area contributed by atoms with Crippen LogP contribution >= 0.6 is 0 Å². The van der Waals surface area contributed by atoms with Gasteiger partial charge in [-0.15, -0.1) is 0 Å². The fraction of sp³-hybridized carbons (Fsp3) is 0.238. The van der Waals surface area contributed by atoms with Gasteiger partial charge in [0, 0.05) is 11.8 Å². The Kier molecular flexibility index (Phi) is 7.43. The lowest BCUT2D eigenvalue weighted by atomic mass is 10.2. The molecule has 1 N–H and O–H groups in total. The number of amides is 1. The molecule has 0 bridgehead atoms. The zero-order valence-corrected chi connectivity index (χ0v) is 15.0. The predicted molar refractivity (Wildman–Crippen MR) is 102 cm³/mol. The number of nitrogens with one attached hydrogen (secondary N) is 1. The largest absolute Gasteiger partial charge is 0.494 e. The van der Waals surface area contributed by atoms with E-state index < -0.39 is 5.97 Å². The first-order valence-electron chi connectivity index (χ1n) is 8.61. The van der Waals surface area contributed by atoms with Crippen molar-refractivity contribution in [3.63, 3.8) is 0 Å². The SMILES string of the molecule is CCCOC(=O)c1cccc(NC(=O)C=Cc2ccc(OCC)cc2)c1. The molecule has 0 heterocycles. The predicted octanol–water partition coefficient (Wildman–Crippen LogP) is 4.30. The molecule has 0 aliphatic carbocycles. The second kappa shape index (κ2) is 10.0. The molecule has 0 unspecified atom stereocenters. The second-order valence-corrected chi connectivity index (χ2v) is 5.54. The summed E-state index contributed by atoms with van der Waals surface area (Å²) in [6.07, 6.45) is 3.92. The molecule has 0 fully saturated rings. The van der Waals surface area contributed by atoms with Crippen LogP contribution in [0.5, 0.6) is 5.75 Å². The molecule has 0 aliphatic rings. The Morgan fingerprint density at radius 2 is 1.85 bits per heavy atom. The smallest absolute Gasteiger partial charge is 0.338 e. The lowest BCUT2D eigenvalue weighted by Gasteiger charge is -2.06. The number of hydrogen-bond acceptors (Lipinski definition) is 4. The number of carbonyl (C=O) groups is 2. The van der Waals surface area contributed by atoms with Crippen molar-refractivity contribution in [2.45, 2.75) is 20.3 Å². The van der Waals surface area contributed by atoms with E-state index >= 15 is 0 Å². The van der Waals surface area contributed by atoms with Crippen LogP contribution in [0.3, 0.4) is 0 Å². The quantitative estimate of drug-likeness (QED) is 0.567.